The molecule has 1 fully saturated rings. The maximum Gasteiger partial charge on any atom is 0.357 e. The van der Waals surface area contributed by atoms with E-state index in [9.17, 15) is 4.79 Å². The molecule has 0 N–H and O–H groups in total. The van der Waals surface area contributed by atoms with E-state index in [1.807, 2.05) is 0 Å². The van der Waals surface area contributed by atoms with Crippen LogP contribution in [0.15, 0.2) is 5.38 Å². The van der Waals surface area contributed by atoms with E-state index in [4.69, 9.17) is 4.74 Å². The standard InChI is InChI=1S/C12H17NO3S/c1-15-10(14)9-8-17-11(13-9)12(16-2)6-4-3-5-7-12/h8H,3-7H2,1-2H3. The summed E-state index contributed by atoms with van der Waals surface area (Å²) in [5, 5.41) is 2.65. The number of aromatic nitrogens is 1. The molecule has 0 aromatic carbocycles. The number of methoxy groups -OCH3 is 2. The summed E-state index contributed by atoms with van der Waals surface area (Å²) in [6.45, 7) is 0. The van der Waals surface area contributed by atoms with E-state index >= 15 is 0 Å². The van der Waals surface area contributed by atoms with Gasteiger partial charge in [-0.1, -0.05) is 19.3 Å². The van der Waals surface area contributed by atoms with Gasteiger partial charge in [0, 0.05) is 12.5 Å². The fourth-order valence-electron chi connectivity index (χ4n) is 2.31. The number of hydrogen-bond acceptors (Lipinski definition) is 5. The SMILES string of the molecule is COC(=O)c1csc(C2(OC)CCCCC2)n1. The van der Waals surface area contributed by atoms with Gasteiger partial charge in [0.2, 0.25) is 0 Å². The summed E-state index contributed by atoms with van der Waals surface area (Å²) in [4.78, 5) is 15.8. The Morgan fingerprint density at radius 1 is 1.35 bits per heavy atom. The molecule has 17 heavy (non-hydrogen) atoms. The van der Waals surface area contributed by atoms with Crippen molar-refractivity contribution in [3.05, 3.63) is 16.1 Å². The van der Waals surface area contributed by atoms with Gasteiger partial charge in [-0.2, -0.15) is 0 Å². The van der Waals surface area contributed by atoms with Crippen LogP contribution in [0.25, 0.3) is 0 Å². The molecule has 0 aliphatic heterocycles. The van der Waals surface area contributed by atoms with Crippen molar-refractivity contribution in [3.8, 4) is 0 Å². The Balaban J connectivity index is 2.25. The average molecular weight is 255 g/mol. The Morgan fingerprint density at radius 3 is 2.65 bits per heavy atom. The molecule has 1 aliphatic rings. The van der Waals surface area contributed by atoms with Gasteiger partial charge in [0.05, 0.1) is 7.11 Å². The summed E-state index contributed by atoms with van der Waals surface area (Å²) in [7, 11) is 3.10. The number of ether oxygens (including phenoxy) is 2. The molecule has 94 valence electrons. The van der Waals surface area contributed by atoms with E-state index in [2.05, 4.69) is 9.72 Å². The molecular formula is C12H17NO3S. The normalized spacial score (nSPS) is 18.9. The zero-order chi connectivity index (χ0) is 12.3. The molecule has 0 saturated heterocycles. The number of thiazole rings is 1. The van der Waals surface area contributed by atoms with Gasteiger partial charge in [0.15, 0.2) is 5.69 Å². The van der Waals surface area contributed by atoms with Crippen LogP contribution in [0.2, 0.25) is 0 Å². The van der Waals surface area contributed by atoms with Crippen LogP contribution in [0.4, 0.5) is 0 Å². The minimum atomic E-state index is -0.380. The Hall–Kier alpha value is -0.940. The Bertz CT molecular complexity index is 396. The average Bonchev–Trinajstić information content (AvgIpc) is 2.88. The van der Waals surface area contributed by atoms with Gasteiger partial charge >= 0.3 is 5.97 Å². The Kier molecular flexibility index (Phi) is 3.79. The summed E-state index contributed by atoms with van der Waals surface area (Å²) in [6, 6.07) is 0. The molecule has 1 aromatic rings. The predicted octanol–water partition coefficient (Wildman–Crippen LogP) is 2.74. The van der Waals surface area contributed by atoms with Gasteiger partial charge in [0.1, 0.15) is 10.6 Å². The van der Waals surface area contributed by atoms with Crippen molar-refractivity contribution in [3.63, 3.8) is 0 Å². The minimum absolute atomic E-state index is 0.283. The highest BCUT2D eigenvalue weighted by atomic mass is 32.1. The van der Waals surface area contributed by atoms with Gasteiger partial charge in [-0.05, 0) is 12.8 Å². The second-order valence-electron chi connectivity index (χ2n) is 4.29. The van der Waals surface area contributed by atoms with E-state index in [1.165, 1.54) is 24.9 Å². The maximum atomic E-state index is 11.4. The van der Waals surface area contributed by atoms with Crippen LogP contribution in [0.3, 0.4) is 0 Å². The van der Waals surface area contributed by atoms with Gasteiger partial charge in [0.25, 0.3) is 0 Å². The van der Waals surface area contributed by atoms with Crippen LogP contribution in [0, 0.1) is 0 Å². The fraction of sp³-hybridized carbons (Fsp3) is 0.667. The fourth-order valence-corrected chi connectivity index (χ4v) is 3.33. The third kappa shape index (κ3) is 2.35. The van der Waals surface area contributed by atoms with E-state index in [-0.39, 0.29) is 11.6 Å². The Morgan fingerprint density at radius 2 is 2.06 bits per heavy atom. The molecule has 1 saturated carbocycles. The number of carbonyl (C=O) groups excluding carboxylic acids is 1. The molecule has 4 nitrogen and oxygen atoms in total. The quantitative estimate of drug-likeness (QED) is 0.779. The van der Waals surface area contributed by atoms with Crippen molar-refractivity contribution in [1.29, 1.82) is 0 Å². The molecule has 1 aromatic heterocycles. The first kappa shape index (κ1) is 12.5. The van der Waals surface area contributed by atoms with Gasteiger partial charge in [-0.25, -0.2) is 9.78 Å². The summed E-state index contributed by atoms with van der Waals surface area (Å²) < 4.78 is 10.4. The molecule has 0 bridgehead atoms. The monoisotopic (exact) mass is 255 g/mol. The molecule has 0 amide bonds. The maximum absolute atomic E-state index is 11.4. The highest BCUT2D eigenvalue weighted by Crippen LogP contribution is 2.41. The van der Waals surface area contributed by atoms with Crippen molar-refractivity contribution in [1.82, 2.24) is 4.98 Å². The predicted molar refractivity (Wildman–Crippen MR) is 65.2 cm³/mol. The third-order valence-corrected chi connectivity index (χ3v) is 4.37. The lowest BCUT2D eigenvalue weighted by Gasteiger charge is -2.33. The first-order chi connectivity index (χ1) is 8.22. The molecule has 0 radical (unpaired) electrons. The zero-order valence-corrected chi connectivity index (χ0v) is 11.0. The van der Waals surface area contributed by atoms with Crippen molar-refractivity contribution >= 4 is 17.3 Å². The van der Waals surface area contributed by atoms with Gasteiger partial charge in [-0.3, -0.25) is 0 Å². The number of hydrogen-bond donors (Lipinski definition) is 0. The van der Waals surface area contributed by atoms with E-state index in [0.29, 0.717) is 5.69 Å². The first-order valence-electron chi connectivity index (χ1n) is 5.81. The van der Waals surface area contributed by atoms with Gasteiger partial charge < -0.3 is 9.47 Å². The van der Waals surface area contributed by atoms with E-state index in [0.717, 1.165) is 30.7 Å². The smallest absolute Gasteiger partial charge is 0.357 e. The number of rotatable bonds is 3. The number of nitrogens with zero attached hydrogens (tertiary/aromatic N) is 1. The highest BCUT2D eigenvalue weighted by molar-refractivity contribution is 7.10. The Labute approximate surface area is 105 Å². The molecule has 1 aliphatic carbocycles. The van der Waals surface area contributed by atoms with Crippen molar-refractivity contribution < 1.29 is 14.3 Å². The largest absolute Gasteiger partial charge is 0.464 e. The number of esters is 1. The second kappa shape index (κ2) is 5.14. The third-order valence-electron chi connectivity index (χ3n) is 3.34. The lowest BCUT2D eigenvalue weighted by molar-refractivity contribution is -0.0447. The minimum Gasteiger partial charge on any atom is -0.464 e. The van der Waals surface area contributed by atoms with Crippen LogP contribution in [0.1, 0.15) is 47.6 Å². The molecule has 1 heterocycles. The van der Waals surface area contributed by atoms with Crippen LogP contribution >= 0.6 is 11.3 Å². The molecular weight excluding hydrogens is 238 g/mol. The second-order valence-corrected chi connectivity index (χ2v) is 5.15. The summed E-state index contributed by atoms with van der Waals surface area (Å²) in [5.74, 6) is -0.380. The number of carbonyl (C=O) groups is 1. The van der Waals surface area contributed by atoms with Crippen molar-refractivity contribution in [2.45, 2.75) is 37.7 Å². The van der Waals surface area contributed by atoms with Crippen LogP contribution in [-0.2, 0) is 15.1 Å². The van der Waals surface area contributed by atoms with Crippen molar-refractivity contribution in [2.24, 2.45) is 0 Å². The van der Waals surface area contributed by atoms with Crippen LogP contribution < -0.4 is 0 Å². The van der Waals surface area contributed by atoms with Crippen LogP contribution in [-0.4, -0.2) is 25.2 Å². The highest BCUT2D eigenvalue weighted by Gasteiger charge is 2.37. The molecule has 2 rings (SSSR count). The lowest BCUT2D eigenvalue weighted by atomic mass is 9.85. The van der Waals surface area contributed by atoms with E-state index < -0.39 is 0 Å². The lowest BCUT2D eigenvalue weighted by Crippen LogP contribution is -2.31. The summed E-state index contributed by atoms with van der Waals surface area (Å²) >= 11 is 1.49. The molecule has 0 spiro atoms. The molecule has 0 unspecified atom stereocenters. The molecule has 5 heteroatoms. The first-order valence-corrected chi connectivity index (χ1v) is 6.69. The van der Waals surface area contributed by atoms with Gasteiger partial charge in [-0.15, -0.1) is 11.3 Å². The van der Waals surface area contributed by atoms with Crippen LogP contribution in [0.5, 0.6) is 0 Å². The van der Waals surface area contributed by atoms with Crippen molar-refractivity contribution in [2.75, 3.05) is 14.2 Å². The zero-order valence-electron chi connectivity index (χ0n) is 10.2. The summed E-state index contributed by atoms with van der Waals surface area (Å²) in [6.07, 6.45) is 5.53. The summed E-state index contributed by atoms with van der Waals surface area (Å²) in [5.41, 5.74) is 0.101. The van der Waals surface area contributed by atoms with E-state index in [1.54, 1.807) is 12.5 Å². The topological polar surface area (TPSA) is 48.4 Å². The molecule has 0 atom stereocenters.